The summed E-state index contributed by atoms with van der Waals surface area (Å²) in [7, 11) is -4.20. The van der Waals surface area contributed by atoms with Gasteiger partial charge in [-0.1, -0.05) is 24.3 Å². The third kappa shape index (κ3) is 7.39. The van der Waals surface area contributed by atoms with Crippen LogP contribution in [0.25, 0.3) is 0 Å². The summed E-state index contributed by atoms with van der Waals surface area (Å²) in [6.45, 7) is 4.27. The van der Waals surface area contributed by atoms with Gasteiger partial charge in [-0.05, 0) is 62.1 Å². The molecular formula is C21H27FN2O4S2. The Bertz CT molecular complexity index is 952. The maximum absolute atomic E-state index is 14.0. The monoisotopic (exact) mass is 454 g/mol. The summed E-state index contributed by atoms with van der Waals surface area (Å²) in [5.41, 5.74) is 1.41. The Morgan fingerprint density at radius 3 is 2.57 bits per heavy atom. The first-order valence-electron chi connectivity index (χ1n) is 9.50. The molecule has 0 spiro atoms. The Hall–Kier alpha value is -1.94. The third-order valence-electron chi connectivity index (χ3n) is 4.13. The molecule has 2 aromatic rings. The SMILES string of the molecule is CSCCC(NS(=O)(=O)c1ccccc1F)C(=O)Nc1cccc(COC(C)C)c1. The normalized spacial score (nSPS) is 12.7. The molecule has 2 aromatic carbocycles. The van der Waals surface area contributed by atoms with Gasteiger partial charge in [0.25, 0.3) is 0 Å². The molecule has 9 heteroatoms. The van der Waals surface area contributed by atoms with Crippen LogP contribution in [0.3, 0.4) is 0 Å². The first-order chi connectivity index (χ1) is 14.2. The zero-order valence-corrected chi connectivity index (χ0v) is 18.9. The molecule has 0 saturated heterocycles. The van der Waals surface area contributed by atoms with Gasteiger partial charge in [0.15, 0.2) is 0 Å². The zero-order valence-electron chi connectivity index (χ0n) is 17.2. The number of nitrogens with one attached hydrogen (secondary N) is 2. The predicted molar refractivity (Wildman–Crippen MR) is 119 cm³/mol. The van der Waals surface area contributed by atoms with Crippen LogP contribution in [-0.2, 0) is 26.2 Å². The Kier molecular flexibility index (Phi) is 9.29. The molecule has 0 aliphatic heterocycles. The highest BCUT2D eigenvalue weighted by atomic mass is 32.2. The van der Waals surface area contributed by atoms with Crippen LogP contribution in [-0.4, -0.2) is 38.5 Å². The summed E-state index contributed by atoms with van der Waals surface area (Å²) in [5, 5.41) is 2.74. The van der Waals surface area contributed by atoms with E-state index in [1.807, 2.05) is 26.2 Å². The second kappa shape index (κ2) is 11.5. The van der Waals surface area contributed by atoms with Gasteiger partial charge in [0.1, 0.15) is 16.8 Å². The summed E-state index contributed by atoms with van der Waals surface area (Å²) in [5.74, 6) is -0.821. The second-order valence-corrected chi connectivity index (χ2v) is 9.60. The number of hydrogen-bond donors (Lipinski definition) is 2. The fourth-order valence-corrected chi connectivity index (χ4v) is 4.40. The van der Waals surface area contributed by atoms with Crippen LogP contribution in [0.2, 0.25) is 0 Å². The van der Waals surface area contributed by atoms with Crippen molar-refractivity contribution in [2.75, 3.05) is 17.3 Å². The van der Waals surface area contributed by atoms with Gasteiger partial charge in [-0.3, -0.25) is 4.79 Å². The lowest BCUT2D eigenvalue weighted by Crippen LogP contribution is -2.44. The number of anilines is 1. The molecule has 0 aliphatic rings. The van der Waals surface area contributed by atoms with Crippen molar-refractivity contribution in [2.45, 2.75) is 43.9 Å². The van der Waals surface area contributed by atoms with Gasteiger partial charge >= 0.3 is 0 Å². The van der Waals surface area contributed by atoms with E-state index in [0.717, 1.165) is 11.6 Å². The number of benzene rings is 2. The topological polar surface area (TPSA) is 84.5 Å². The average molecular weight is 455 g/mol. The van der Waals surface area contributed by atoms with Crippen molar-refractivity contribution in [2.24, 2.45) is 0 Å². The number of carbonyl (C=O) groups excluding carboxylic acids is 1. The second-order valence-electron chi connectivity index (χ2n) is 6.94. The highest BCUT2D eigenvalue weighted by molar-refractivity contribution is 7.98. The van der Waals surface area contributed by atoms with E-state index in [1.165, 1.54) is 30.0 Å². The van der Waals surface area contributed by atoms with Crippen LogP contribution >= 0.6 is 11.8 Å². The summed E-state index contributed by atoms with van der Waals surface area (Å²) < 4.78 is 47.2. The summed E-state index contributed by atoms with van der Waals surface area (Å²) in [6, 6.07) is 11.2. The third-order valence-corrected chi connectivity index (χ3v) is 6.28. The molecule has 164 valence electrons. The number of hydrogen-bond acceptors (Lipinski definition) is 5. The average Bonchev–Trinajstić information content (AvgIpc) is 2.70. The lowest BCUT2D eigenvalue weighted by atomic mass is 10.2. The molecular weight excluding hydrogens is 427 g/mol. The number of rotatable bonds is 11. The van der Waals surface area contributed by atoms with Crippen molar-refractivity contribution in [3.05, 3.63) is 59.9 Å². The van der Waals surface area contributed by atoms with Crippen molar-refractivity contribution in [3.8, 4) is 0 Å². The fraction of sp³-hybridized carbons (Fsp3) is 0.381. The van der Waals surface area contributed by atoms with Crippen molar-refractivity contribution in [1.29, 1.82) is 0 Å². The minimum atomic E-state index is -4.20. The zero-order chi connectivity index (χ0) is 22.1. The maximum atomic E-state index is 14.0. The largest absolute Gasteiger partial charge is 0.374 e. The Labute approximate surface area is 181 Å². The van der Waals surface area contributed by atoms with Gasteiger partial charge < -0.3 is 10.1 Å². The molecule has 0 fully saturated rings. The van der Waals surface area contributed by atoms with E-state index >= 15 is 0 Å². The number of thioether (sulfide) groups is 1. The van der Waals surface area contributed by atoms with Gasteiger partial charge in [0.05, 0.1) is 12.7 Å². The highest BCUT2D eigenvalue weighted by Gasteiger charge is 2.27. The fourth-order valence-electron chi connectivity index (χ4n) is 2.62. The van der Waals surface area contributed by atoms with Gasteiger partial charge in [0.2, 0.25) is 15.9 Å². The minimum Gasteiger partial charge on any atom is -0.374 e. The lowest BCUT2D eigenvalue weighted by molar-refractivity contribution is -0.117. The molecule has 2 N–H and O–H groups in total. The van der Waals surface area contributed by atoms with Crippen molar-refractivity contribution >= 4 is 33.4 Å². The van der Waals surface area contributed by atoms with E-state index in [-0.39, 0.29) is 12.5 Å². The molecule has 2 rings (SSSR count). The van der Waals surface area contributed by atoms with E-state index < -0.39 is 32.7 Å². The summed E-state index contributed by atoms with van der Waals surface area (Å²) in [6.07, 6.45) is 2.20. The van der Waals surface area contributed by atoms with Crippen LogP contribution < -0.4 is 10.0 Å². The Morgan fingerprint density at radius 2 is 1.90 bits per heavy atom. The molecule has 0 bridgehead atoms. The van der Waals surface area contributed by atoms with Crippen LogP contribution in [0.15, 0.2) is 53.4 Å². The number of carbonyl (C=O) groups is 1. The molecule has 1 amide bonds. The van der Waals surface area contributed by atoms with E-state index in [0.29, 0.717) is 18.0 Å². The minimum absolute atomic E-state index is 0.0759. The number of amides is 1. The predicted octanol–water partition coefficient (Wildman–Crippen LogP) is 3.79. The highest BCUT2D eigenvalue weighted by Crippen LogP contribution is 2.17. The lowest BCUT2D eigenvalue weighted by Gasteiger charge is -2.19. The van der Waals surface area contributed by atoms with Gasteiger partial charge in [-0.15, -0.1) is 0 Å². The summed E-state index contributed by atoms with van der Waals surface area (Å²) >= 11 is 1.48. The van der Waals surface area contributed by atoms with E-state index in [2.05, 4.69) is 10.0 Å². The van der Waals surface area contributed by atoms with Crippen molar-refractivity contribution in [1.82, 2.24) is 4.72 Å². The van der Waals surface area contributed by atoms with E-state index in [4.69, 9.17) is 4.74 Å². The number of sulfonamides is 1. The molecule has 30 heavy (non-hydrogen) atoms. The van der Waals surface area contributed by atoms with Gasteiger partial charge in [-0.25, -0.2) is 12.8 Å². The first-order valence-corrected chi connectivity index (χ1v) is 12.4. The molecule has 1 atom stereocenters. The maximum Gasteiger partial charge on any atom is 0.244 e. The quantitative estimate of drug-likeness (QED) is 0.540. The molecule has 0 saturated carbocycles. The van der Waals surface area contributed by atoms with Crippen LogP contribution in [0.4, 0.5) is 10.1 Å². The van der Waals surface area contributed by atoms with Crippen LogP contribution in [0, 0.1) is 5.82 Å². The standard InChI is InChI=1S/C21H27FN2O4S2/c1-15(2)28-14-16-7-6-8-17(13-16)23-21(25)19(11-12-29-3)24-30(26,27)20-10-5-4-9-18(20)22/h4-10,13,15,19,24H,11-12,14H2,1-3H3,(H,23,25). The number of ether oxygens (including phenoxy) is 1. The van der Waals surface area contributed by atoms with Crippen molar-refractivity contribution < 1.29 is 22.3 Å². The molecule has 0 radical (unpaired) electrons. The van der Waals surface area contributed by atoms with Crippen molar-refractivity contribution in [3.63, 3.8) is 0 Å². The van der Waals surface area contributed by atoms with E-state index in [9.17, 15) is 17.6 Å². The molecule has 0 aromatic heterocycles. The number of halogens is 1. The molecule has 6 nitrogen and oxygen atoms in total. The van der Waals surface area contributed by atoms with E-state index in [1.54, 1.807) is 18.2 Å². The smallest absolute Gasteiger partial charge is 0.244 e. The Balaban J connectivity index is 2.16. The Morgan fingerprint density at radius 1 is 1.17 bits per heavy atom. The van der Waals surface area contributed by atoms with Crippen LogP contribution in [0.1, 0.15) is 25.8 Å². The van der Waals surface area contributed by atoms with Crippen LogP contribution in [0.5, 0.6) is 0 Å². The first kappa shape index (κ1) is 24.3. The molecule has 0 aliphatic carbocycles. The molecule has 0 heterocycles. The molecule has 1 unspecified atom stereocenters. The van der Waals surface area contributed by atoms with Gasteiger partial charge in [-0.2, -0.15) is 16.5 Å². The summed E-state index contributed by atoms with van der Waals surface area (Å²) in [4.78, 5) is 12.3. The van der Waals surface area contributed by atoms with Gasteiger partial charge in [0, 0.05) is 5.69 Å².